The maximum absolute atomic E-state index is 13.5. The Morgan fingerprint density at radius 2 is 2.09 bits per heavy atom. The molecule has 0 spiro atoms. The Bertz CT molecular complexity index is 1340. The summed E-state index contributed by atoms with van der Waals surface area (Å²) in [5, 5.41) is 26.9. The summed E-state index contributed by atoms with van der Waals surface area (Å²) in [5.41, 5.74) is 1.74. The summed E-state index contributed by atoms with van der Waals surface area (Å²) in [6, 6.07) is 5.17. The number of amides is 1. The second-order valence-corrected chi connectivity index (χ2v) is 7.16. The van der Waals surface area contributed by atoms with E-state index in [-0.39, 0.29) is 33.2 Å². The first kappa shape index (κ1) is 26.8. The van der Waals surface area contributed by atoms with E-state index in [2.05, 4.69) is 10.3 Å². The fraction of sp³-hybridized carbons (Fsp3) is 0.143. The van der Waals surface area contributed by atoms with Gasteiger partial charge in [-0.2, -0.15) is 18.4 Å². The third-order valence-corrected chi connectivity index (χ3v) is 4.45. The van der Waals surface area contributed by atoms with Crippen LogP contribution in [0.2, 0.25) is 5.02 Å². The van der Waals surface area contributed by atoms with Crippen molar-refractivity contribution in [2.24, 2.45) is 5.73 Å². The van der Waals surface area contributed by atoms with E-state index >= 15 is 0 Å². The molecule has 0 saturated carbocycles. The number of carbonyl (C=O) groups is 1. The molecule has 0 bridgehead atoms. The number of primary amides is 1. The van der Waals surface area contributed by atoms with E-state index in [0.29, 0.717) is 10.9 Å². The lowest BCUT2D eigenvalue weighted by Gasteiger charge is -2.15. The summed E-state index contributed by atoms with van der Waals surface area (Å²) in [6.07, 6.45) is -1.43. The lowest BCUT2D eigenvalue weighted by Crippen LogP contribution is -2.29. The summed E-state index contributed by atoms with van der Waals surface area (Å²) >= 11 is 5.85. The number of nitrogens with two attached hydrogens (primary N) is 1. The fourth-order valence-corrected chi connectivity index (χ4v) is 2.89. The Morgan fingerprint density at radius 3 is 2.63 bits per heavy atom. The van der Waals surface area contributed by atoms with Gasteiger partial charge in [0.15, 0.2) is 5.69 Å². The van der Waals surface area contributed by atoms with Crippen LogP contribution in [0, 0.1) is 22.1 Å². The molecule has 0 unspecified atom stereocenters. The molecule has 5 N–H and O–H groups in total. The Balaban J connectivity index is 2.61. The van der Waals surface area contributed by atoms with Gasteiger partial charge in [0, 0.05) is 35.6 Å². The number of rotatable bonds is 9. The maximum Gasteiger partial charge on any atom is 0.437 e. The van der Waals surface area contributed by atoms with E-state index in [1.165, 1.54) is 19.3 Å². The van der Waals surface area contributed by atoms with Gasteiger partial charge < -0.3 is 26.6 Å². The molecule has 0 radical (unpaired) electrons. The van der Waals surface area contributed by atoms with Crippen molar-refractivity contribution in [3.8, 4) is 17.6 Å². The zero-order chi connectivity index (χ0) is 26.3. The van der Waals surface area contributed by atoms with Gasteiger partial charge in [0.05, 0.1) is 30.2 Å². The van der Waals surface area contributed by atoms with Crippen LogP contribution in [-0.2, 0) is 17.5 Å². The van der Waals surface area contributed by atoms with E-state index in [9.17, 15) is 22.8 Å². The number of allylic oxidation sites excluding steroid dienone is 2. The Morgan fingerprint density at radius 1 is 1.40 bits per heavy atom. The third-order valence-electron chi connectivity index (χ3n) is 4.23. The molecule has 35 heavy (non-hydrogen) atoms. The van der Waals surface area contributed by atoms with E-state index in [1.807, 2.05) is 0 Å². The number of alkyl halides is 3. The predicted octanol–water partition coefficient (Wildman–Crippen LogP) is 2.76. The summed E-state index contributed by atoms with van der Waals surface area (Å²) in [4.78, 5) is 28.1. The van der Waals surface area contributed by atoms with E-state index in [4.69, 9.17) is 38.2 Å². The largest absolute Gasteiger partial charge is 0.449 e. The molecule has 0 atom stereocenters. The number of nitrogens with zero attached hydrogens (tertiary/aromatic N) is 3. The molecule has 0 fully saturated rings. The monoisotopic (exact) mass is 507 g/mol. The van der Waals surface area contributed by atoms with Crippen molar-refractivity contribution in [2.75, 3.05) is 7.05 Å². The van der Waals surface area contributed by atoms with Crippen LogP contribution >= 0.6 is 11.6 Å². The number of nitriles is 1. The summed E-state index contributed by atoms with van der Waals surface area (Å²) < 4.78 is 46.4. The highest BCUT2D eigenvalue weighted by Gasteiger charge is 2.39. The average molecular weight is 508 g/mol. The zero-order valence-electron chi connectivity index (χ0n) is 17.9. The molecular weight excluding hydrogens is 491 g/mol. The van der Waals surface area contributed by atoms with Gasteiger partial charge in [0.2, 0.25) is 11.7 Å². The minimum atomic E-state index is -5.08. The average Bonchev–Trinajstić information content (AvgIpc) is 2.77. The minimum Gasteiger partial charge on any atom is -0.449 e. The summed E-state index contributed by atoms with van der Waals surface area (Å²) in [7, 11) is 1.52. The lowest BCUT2D eigenvalue weighted by atomic mass is 10.1. The number of carbonyl (C=O) groups excluding carboxylic acids is 1. The van der Waals surface area contributed by atoms with E-state index in [1.54, 1.807) is 6.07 Å². The molecule has 182 valence electrons. The van der Waals surface area contributed by atoms with Gasteiger partial charge >= 0.3 is 6.18 Å². The Hall–Kier alpha value is -4.44. The second-order valence-electron chi connectivity index (χ2n) is 6.72. The van der Waals surface area contributed by atoms with E-state index < -0.39 is 35.6 Å². The quantitative estimate of drug-likeness (QED) is 0.300. The highest BCUT2D eigenvalue weighted by molar-refractivity contribution is 6.30. The number of benzene rings is 1. The van der Waals surface area contributed by atoms with Gasteiger partial charge in [-0.05, 0) is 24.3 Å². The summed E-state index contributed by atoms with van der Waals surface area (Å²) in [6.45, 7) is -0.651. The Labute approximate surface area is 201 Å². The van der Waals surface area contributed by atoms with Crippen molar-refractivity contribution >= 4 is 29.4 Å². The molecule has 1 aromatic heterocycles. The van der Waals surface area contributed by atoms with Crippen molar-refractivity contribution in [3.05, 3.63) is 74.6 Å². The van der Waals surface area contributed by atoms with Crippen LogP contribution in [-0.4, -0.2) is 34.4 Å². The molecule has 2 rings (SSSR count). The fourth-order valence-electron chi connectivity index (χ4n) is 2.67. The molecule has 0 aliphatic heterocycles. The van der Waals surface area contributed by atoms with Crippen molar-refractivity contribution in [2.45, 2.75) is 12.7 Å². The maximum atomic E-state index is 13.5. The Kier molecular flexibility index (Phi) is 8.52. The van der Waals surface area contributed by atoms with Crippen molar-refractivity contribution in [1.82, 2.24) is 14.9 Å². The van der Waals surface area contributed by atoms with Gasteiger partial charge in [0.1, 0.15) is 5.75 Å². The van der Waals surface area contributed by atoms with Gasteiger partial charge in [-0.25, -0.2) is 4.98 Å². The number of halogens is 4. The predicted molar refractivity (Wildman–Crippen MR) is 121 cm³/mol. The second kappa shape index (κ2) is 11.1. The third kappa shape index (κ3) is 6.78. The normalized spacial score (nSPS) is 12.0. The lowest BCUT2D eigenvalue weighted by molar-refractivity contribution is -0.142. The van der Waals surface area contributed by atoms with Crippen LogP contribution in [0.3, 0.4) is 0 Å². The number of hydrogen-bond acceptors (Lipinski definition) is 8. The molecule has 1 heterocycles. The highest BCUT2D eigenvalue weighted by Crippen LogP contribution is 2.35. The van der Waals surface area contributed by atoms with Crippen molar-refractivity contribution in [3.63, 3.8) is 0 Å². The molecule has 0 aliphatic carbocycles. The number of nitrogens with one attached hydrogen (secondary N) is 3. The highest BCUT2D eigenvalue weighted by atomic mass is 35.5. The van der Waals surface area contributed by atoms with Crippen LogP contribution in [0.1, 0.15) is 11.3 Å². The standard InChI is InChI=1S/C21H17ClF3N7O3/c1-30-8-13(7-27)16(28)4-12(19(29)33)9-32-10-31-18(21(23,24)25)17(20(32)34)35-15-3-11(6-26)2-14(22)5-15/h2-5,7-8,10,27-28,30H,9H2,1H3,(H2,29,33)/b12-4-,13-8+,27-7?,28-16?. The van der Waals surface area contributed by atoms with Crippen molar-refractivity contribution in [1.29, 1.82) is 16.1 Å². The molecule has 1 aromatic carbocycles. The molecular formula is C21H17ClF3N7O3. The molecule has 1 amide bonds. The first-order valence-electron chi connectivity index (χ1n) is 9.43. The van der Waals surface area contributed by atoms with Gasteiger partial charge in [-0.15, -0.1) is 0 Å². The van der Waals surface area contributed by atoms with Gasteiger partial charge in [-0.3, -0.25) is 14.2 Å². The number of hydrogen-bond donors (Lipinski definition) is 4. The molecule has 14 heteroatoms. The van der Waals surface area contributed by atoms with Crippen LogP contribution in [0.4, 0.5) is 13.2 Å². The summed E-state index contributed by atoms with van der Waals surface area (Å²) in [5.74, 6) is -2.61. The van der Waals surface area contributed by atoms with Gasteiger partial charge in [0.25, 0.3) is 5.56 Å². The molecule has 10 nitrogen and oxygen atoms in total. The first-order valence-corrected chi connectivity index (χ1v) is 9.81. The van der Waals surface area contributed by atoms with Gasteiger partial charge in [-0.1, -0.05) is 11.6 Å². The first-order chi connectivity index (χ1) is 16.4. The van der Waals surface area contributed by atoms with Crippen molar-refractivity contribution < 1.29 is 22.7 Å². The minimum absolute atomic E-state index is 0.0223. The zero-order valence-corrected chi connectivity index (χ0v) is 18.7. The number of aromatic nitrogens is 2. The van der Waals surface area contributed by atoms with E-state index in [0.717, 1.165) is 24.4 Å². The van der Waals surface area contributed by atoms with Crippen LogP contribution in [0.15, 0.2) is 52.7 Å². The molecule has 0 saturated heterocycles. The topological polar surface area (TPSA) is 171 Å². The van der Waals surface area contributed by atoms with Crippen LogP contribution in [0.5, 0.6) is 11.5 Å². The molecule has 2 aromatic rings. The molecule has 0 aliphatic rings. The van der Waals surface area contributed by atoms with Crippen LogP contribution < -0.4 is 21.3 Å². The van der Waals surface area contributed by atoms with Crippen LogP contribution in [0.25, 0.3) is 0 Å². The smallest absolute Gasteiger partial charge is 0.437 e. The SMILES string of the molecule is CN/C=C(\C=N)C(=N)/C=C(/Cn1cnc(C(F)(F)F)c(Oc2cc(Cl)cc(C#N)c2)c1=O)C(N)=O. The number of ether oxygens (including phenoxy) is 1.